The molecule has 0 aliphatic heterocycles. The fourth-order valence-electron chi connectivity index (χ4n) is 6.43. The lowest BCUT2D eigenvalue weighted by molar-refractivity contribution is -0.671. The highest BCUT2D eigenvalue weighted by Crippen LogP contribution is 2.37. The van der Waals surface area contributed by atoms with E-state index in [1.807, 2.05) is 103 Å². The van der Waals surface area contributed by atoms with Gasteiger partial charge in [0.1, 0.15) is 7.05 Å². The third-order valence-corrected chi connectivity index (χ3v) is 9.33. The van der Waals surface area contributed by atoms with Crippen LogP contribution >= 0.6 is 0 Å². The first-order valence-electron chi connectivity index (χ1n) is 17.3. The number of hydrogen-bond donors (Lipinski definition) is 0. The Morgan fingerprint density at radius 3 is 1.11 bits per heavy atom. The first-order valence-corrected chi connectivity index (χ1v) is 17.3. The van der Waals surface area contributed by atoms with Crippen molar-refractivity contribution in [3.05, 3.63) is 176 Å². The van der Waals surface area contributed by atoms with Crippen LogP contribution in [-0.2, 0) is 7.05 Å². The van der Waals surface area contributed by atoms with Crippen LogP contribution in [0.4, 0.5) is 0 Å². The van der Waals surface area contributed by atoms with Gasteiger partial charge in [-0.25, -0.2) is 4.57 Å². The summed E-state index contributed by atoms with van der Waals surface area (Å²) in [6.07, 6.45) is 4.09. The predicted octanol–water partition coefficient (Wildman–Crippen LogP) is 10.6. The van der Waals surface area contributed by atoms with Gasteiger partial charge in [-0.15, -0.1) is 20.4 Å². The monoisotopic (exact) mass is 686 g/mol. The molecule has 0 saturated heterocycles. The zero-order valence-electron chi connectivity index (χ0n) is 28.8. The smallest absolute Gasteiger partial charge is 0.248 e. The Hall–Kier alpha value is -7.25. The first-order chi connectivity index (χ1) is 26.1. The van der Waals surface area contributed by atoms with E-state index in [0.29, 0.717) is 23.6 Å². The fraction of sp³-hybridized carbons (Fsp3) is 0.0217. The van der Waals surface area contributed by atoms with E-state index in [0.717, 1.165) is 66.8 Å². The molecule has 0 spiro atoms. The van der Waals surface area contributed by atoms with Crippen LogP contribution in [-0.4, -0.2) is 20.4 Å². The lowest BCUT2D eigenvalue weighted by Crippen LogP contribution is -2.25. The number of aryl methyl sites for hydroxylation is 1. The van der Waals surface area contributed by atoms with Crippen molar-refractivity contribution in [3.63, 3.8) is 0 Å². The van der Waals surface area contributed by atoms with Crippen LogP contribution in [0.15, 0.2) is 185 Å². The van der Waals surface area contributed by atoms with Gasteiger partial charge in [0.25, 0.3) is 0 Å². The van der Waals surface area contributed by atoms with Crippen molar-refractivity contribution in [2.24, 2.45) is 7.05 Å². The normalized spacial score (nSPS) is 11.1. The van der Waals surface area contributed by atoms with Gasteiger partial charge in [-0.3, -0.25) is 0 Å². The highest BCUT2D eigenvalue weighted by atomic mass is 16.4. The Kier molecular flexibility index (Phi) is 8.26. The van der Waals surface area contributed by atoms with Gasteiger partial charge < -0.3 is 8.83 Å². The highest BCUT2D eigenvalue weighted by molar-refractivity contribution is 5.86. The molecule has 0 bridgehead atoms. The van der Waals surface area contributed by atoms with E-state index in [2.05, 4.69) is 105 Å². The zero-order valence-corrected chi connectivity index (χ0v) is 28.8. The topological polar surface area (TPSA) is 81.7 Å². The molecule has 6 aromatic carbocycles. The maximum atomic E-state index is 6.23. The second kappa shape index (κ2) is 13.8. The van der Waals surface area contributed by atoms with E-state index in [9.17, 15) is 0 Å². The van der Waals surface area contributed by atoms with Crippen LogP contribution in [0.3, 0.4) is 0 Å². The Bertz CT molecular complexity index is 2630. The number of rotatable bonds is 8. The Labute approximate surface area is 306 Å². The fourth-order valence-corrected chi connectivity index (χ4v) is 6.43. The molecular formula is C46H32N5O2+. The van der Waals surface area contributed by atoms with Crippen molar-refractivity contribution in [3.8, 4) is 90.3 Å². The molecule has 3 aromatic heterocycles. The van der Waals surface area contributed by atoms with Gasteiger partial charge in [-0.1, -0.05) is 103 Å². The molecule has 3 heterocycles. The molecule has 0 unspecified atom stereocenters. The molecule has 0 saturated carbocycles. The number of benzene rings is 6. The van der Waals surface area contributed by atoms with Crippen molar-refractivity contribution in [2.45, 2.75) is 0 Å². The van der Waals surface area contributed by atoms with E-state index in [4.69, 9.17) is 8.83 Å². The molecule has 7 heteroatoms. The molecule has 9 rings (SSSR count). The molecule has 0 atom stereocenters. The van der Waals surface area contributed by atoms with Crippen molar-refractivity contribution < 1.29 is 13.4 Å². The van der Waals surface area contributed by atoms with Crippen LogP contribution in [0.5, 0.6) is 0 Å². The van der Waals surface area contributed by atoms with Gasteiger partial charge in [-0.05, 0) is 93.0 Å². The van der Waals surface area contributed by atoms with Crippen LogP contribution in [0.2, 0.25) is 0 Å². The average molecular weight is 687 g/mol. The van der Waals surface area contributed by atoms with E-state index >= 15 is 0 Å². The third kappa shape index (κ3) is 6.55. The summed E-state index contributed by atoms with van der Waals surface area (Å²) < 4.78 is 14.4. The molecule has 53 heavy (non-hydrogen) atoms. The first kappa shape index (κ1) is 31.7. The lowest BCUT2D eigenvalue weighted by atomic mass is 9.92. The van der Waals surface area contributed by atoms with Gasteiger partial charge in [0, 0.05) is 34.4 Å². The average Bonchev–Trinajstić information content (AvgIpc) is 3.94. The van der Waals surface area contributed by atoms with Crippen LogP contribution in [0.1, 0.15) is 0 Å². The zero-order chi connectivity index (χ0) is 35.6. The maximum Gasteiger partial charge on any atom is 0.248 e. The van der Waals surface area contributed by atoms with Gasteiger partial charge in [0.2, 0.25) is 23.6 Å². The number of nitrogens with zero attached hydrogens (tertiary/aromatic N) is 5. The minimum absolute atomic E-state index is 0.457. The molecule has 9 aromatic rings. The Balaban J connectivity index is 0.986. The third-order valence-electron chi connectivity index (χ3n) is 9.33. The van der Waals surface area contributed by atoms with Crippen molar-refractivity contribution in [2.75, 3.05) is 0 Å². The minimum Gasteiger partial charge on any atom is -0.416 e. The van der Waals surface area contributed by atoms with Gasteiger partial charge in [0.15, 0.2) is 12.4 Å². The van der Waals surface area contributed by atoms with Crippen LogP contribution in [0.25, 0.3) is 90.3 Å². The summed E-state index contributed by atoms with van der Waals surface area (Å²) in [4.78, 5) is 0. The highest BCUT2D eigenvalue weighted by Gasteiger charge is 2.17. The molecule has 0 aliphatic carbocycles. The molecule has 0 amide bonds. The van der Waals surface area contributed by atoms with Crippen molar-refractivity contribution >= 4 is 0 Å². The molecule has 0 aliphatic rings. The summed E-state index contributed by atoms with van der Waals surface area (Å²) >= 11 is 0. The largest absolute Gasteiger partial charge is 0.416 e. The number of hydrogen-bond acceptors (Lipinski definition) is 6. The van der Waals surface area contributed by atoms with Crippen molar-refractivity contribution in [1.29, 1.82) is 0 Å². The molecule has 0 radical (unpaired) electrons. The van der Waals surface area contributed by atoms with Crippen molar-refractivity contribution in [1.82, 2.24) is 20.4 Å². The van der Waals surface area contributed by atoms with Gasteiger partial charge in [-0.2, -0.15) is 0 Å². The predicted molar refractivity (Wildman–Crippen MR) is 207 cm³/mol. The number of pyridine rings is 1. The molecule has 0 N–H and O–H groups in total. The van der Waals surface area contributed by atoms with E-state index in [-0.39, 0.29) is 0 Å². The summed E-state index contributed by atoms with van der Waals surface area (Å²) in [5.41, 5.74) is 12.2. The minimum atomic E-state index is 0.457. The van der Waals surface area contributed by atoms with Gasteiger partial charge >= 0.3 is 0 Å². The lowest BCUT2D eigenvalue weighted by Gasteiger charge is -2.12. The van der Waals surface area contributed by atoms with E-state index < -0.39 is 0 Å². The summed E-state index contributed by atoms with van der Waals surface area (Å²) in [7, 11) is 2.01. The second-order valence-electron chi connectivity index (χ2n) is 12.8. The molecule has 7 nitrogen and oxygen atoms in total. The Morgan fingerprint density at radius 1 is 0.321 bits per heavy atom. The maximum absolute atomic E-state index is 6.23. The Morgan fingerprint density at radius 2 is 0.660 bits per heavy atom. The number of aromatic nitrogens is 5. The summed E-state index contributed by atoms with van der Waals surface area (Å²) in [6, 6.07) is 55.6. The molecular weight excluding hydrogens is 655 g/mol. The summed E-state index contributed by atoms with van der Waals surface area (Å²) in [6.45, 7) is 0. The molecule has 0 fully saturated rings. The SMILES string of the molecule is C[n+]1ccc(-c2cc(-c3nnc(-c4ccc(-c5ccccc5)cc4)o3)ccc2-c2ccc(-c3nnc(-c4ccc(-c5ccccc5)cc4)o3)cc2)cc1. The molecule has 252 valence electrons. The van der Waals surface area contributed by atoms with E-state index in [1.54, 1.807) is 0 Å². The van der Waals surface area contributed by atoms with Gasteiger partial charge in [0.05, 0.1) is 0 Å². The summed E-state index contributed by atoms with van der Waals surface area (Å²) in [5.74, 6) is 1.87. The second-order valence-corrected chi connectivity index (χ2v) is 12.8. The van der Waals surface area contributed by atoms with Crippen LogP contribution in [0, 0.1) is 0 Å². The van der Waals surface area contributed by atoms with E-state index in [1.165, 1.54) is 0 Å². The van der Waals surface area contributed by atoms with Crippen LogP contribution < -0.4 is 4.57 Å². The standard InChI is InChI=1S/C46H32N5O2/c1-51-28-26-36(27-29-51)42-30-40(46-50-49-45(53-46)38-20-14-34(15-21-38)32-10-6-3-7-11-32)24-25-41(42)35-16-22-39(23-17-35)44-48-47-43(52-44)37-18-12-33(13-19-37)31-8-4-2-5-9-31/h2-30H,1H3/q+1. The quantitative estimate of drug-likeness (QED) is 0.148. The summed E-state index contributed by atoms with van der Waals surface area (Å²) in [5, 5.41) is 17.5.